The molecule has 1 heterocycles. The molecule has 4 nitrogen and oxygen atoms in total. The zero-order chi connectivity index (χ0) is 13.3. The maximum Gasteiger partial charge on any atom is 0.310 e. The van der Waals surface area contributed by atoms with Crippen LogP contribution in [0.1, 0.15) is 26.7 Å². The van der Waals surface area contributed by atoms with Crippen molar-refractivity contribution < 1.29 is 14.3 Å². The van der Waals surface area contributed by atoms with Gasteiger partial charge in [-0.2, -0.15) is 0 Å². The number of hydrogen-bond acceptors (Lipinski definition) is 3. The fraction of sp³-hybridized carbons (Fsp3) is 0.429. The average Bonchev–Trinajstić information content (AvgIpc) is 2.70. The Bertz CT molecular complexity index is 540. The van der Waals surface area contributed by atoms with Crippen LogP contribution in [0.5, 0.6) is 0 Å². The van der Waals surface area contributed by atoms with Crippen molar-refractivity contribution in [2.75, 3.05) is 0 Å². The molecule has 0 radical (unpaired) electrons. The largest absolute Gasteiger partial charge is 0.481 e. The Morgan fingerprint density at radius 3 is 2.67 bits per heavy atom. The first-order valence-electron chi connectivity index (χ1n) is 6.01. The minimum absolute atomic E-state index is 0.00464. The number of benzene rings is 1. The fourth-order valence-electron chi connectivity index (χ4n) is 1.84. The molecule has 4 heteroatoms. The number of carbonyl (C=O) groups is 1. The Kier molecular flexibility index (Phi) is 3.11. The summed E-state index contributed by atoms with van der Waals surface area (Å²) in [7, 11) is 0. The van der Waals surface area contributed by atoms with Crippen LogP contribution in [0.4, 0.5) is 0 Å². The van der Waals surface area contributed by atoms with E-state index in [0.717, 1.165) is 5.52 Å². The van der Waals surface area contributed by atoms with E-state index in [-0.39, 0.29) is 5.92 Å². The topological polar surface area (TPSA) is 63.3 Å². The third-order valence-electron chi connectivity index (χ3n) is 3.62. The van der Waals surface area contributed by atoms with Gasteiger partial charge in [-0.15, -0.1) is 0 Å². The third kappa shape index (κ3) is 2.10. The number of para-hydroxylation sites is 2. The standard InChI is InChI=1S/C14H17NO3/c1-9(2)14(3,13(16)17)8-12-15-10-6-4-5-7-11(10)18-12/h4-7,9H,8H2,1-3H3,(H,16,17). The molecule has 0 saturated heterocycles. The maximum absolute atomic E-state index is 11.4. The van der Waals surface area contributed by atoms with Crippen LogP contribution in [-0.4, -0.2) is 16.1 Å². The second-order valence-corrected chi connectivity index (χ2v) is 5.13. The molecule has 0 saturated carbocycles. The molecule has 1 aromatic carbocycles. The van der Waals surface area contributed by atoms with Gasteiger partial charge in [0, 0.05) is 6.42 Å². The normalized spacial score (nSPS) is 14.9. The summed E-state index contributed by atoms with van der Waals surface area (Å²) in [6.07, 6.45) is 0.300. The van der Waals surface area contributed by atoms with Crippen LogP contribution in [0.2, 0.25) is 0 Å². The Hall–Kier alpha value is -1.84. The molecule has 0 aliphatic carbocycles. The molecule has 1 atom stereocenters. The van der Waals surface area contributed by atoms with E-state index in [1.807, 2.05) is 38.1 Å². The van der Waals surface area contributed by atoms with Crippen LogP contribution >= 0.6 is 0 Å². The zero-order valence-electron chi connectivity index (χ0n) is 10.8. The van der Waals surface area contributed by atoms with Gasteiger partial charge in [-0.05, 0) is 25.0 Å². The van der Waals surface area contributed by atoms with Crippen LogP contribution in [0.25, 0.3) is 11.1 Å². The second-order valence-electron chi connectivity index (χ2n) is 5.13. The van der Waals surface area contributed by atoms with Gasteiger partial charge in [0.25, 0.3) is 0 Å². The molecule has 0 amide bonds. The monoisotopic (exact) mass is 247 g/mol. The molecule has 1 unspecified atom stereocenters. The van der Waals surface area contributed by atoms with E-state index < -0.39 is 11.4 Å². The molecule has 0 fully saturated rings. The number of aromatic nitrogens is 1. The summed E-state index contributed by atoms with van der Waals surface area (Å²) < 4.78 is 5.59. The average molecular weight is 247 g/mol. The van der Waals surface area contributed by atoms with E-state index in [2.05, 4.69) is 4.98 Å². The molecule has 0 aliphatic heterocycles. The van der Waals surface area contributed by atoms with Gasteiger partial charge in [0.2, 0.25) is 0 Å². The second kappa shape index (κ2) is 4.44. The molecule has 1 aromatic heterocycles. The Balaban J connectivity index is 2.35. The van der Waals surface area contributed by atoms with E-state index in [9.17, 15) is 9.90 Å². The van der Waals surface area contributed by atoms with Gasteiger partial charge < -0.3 is 9.52 Å². The van der Waals surface area contributed by atoms with Gasteiger partial charge in [-0.1, -0.05) is 26.0 Å². The van der Waals surface area contributed by atoms with E-state index in [1.165, 1.54) is 0 Å². The van der Waals surface area contributed by atoms with Crippen molar-refractivity contribution in [2.24, 2.45) is 11.3 Å². The van der Waals surface area contributed by atoms with E-state index >= 15 is 0 Å². The molecule has 18 heavy (non-hydrogen) atoms. The Labute approximate surface area is 106 Å². The number of carboxylic acids is 1. The number of rotatable bonds is 4. The highest BCUT2D eigenvalue weighted by molar-refractivity contribution is 5.75. The van der Waals surface area contributed by atoms with Crippen molar-refractivity contribution in [3.8, 4) is 0 Å². The smallest absolute Gasteiger partial charge is 0.310 e. The number of nitrogens with zero attached hydrogens (tertiary/aromatic N) is 1. The molecule has 1 N–H and O–H groups in total. The minimum Gasteiger partial charge on any atom is -0.481 e. The highest BCUT2D eigenvalue weighted by atomic mass is 16.4. The van der Waals surface area contributed by atoms with Gasteiger partial charge in [-0.25, -0.2) is 4.98 Å². The first-order valence-corrected chi connectivity index (χ1v) is 6.01. The maximum atomic E-state index is 11.4. The number of oxazole rings is 1. The summed E-state index contributed by atoms with van der Waals surface area (Å²) in [5, 5.41) is 9.37. The van der Waals surface area contributed by atoms with Gasteiger partial charge in [-0.3, -0.25) is 4.79 Å². The van der Waals surface area contributed by atoms with E-state index in [1.54, 1.807) is 6.92 Å². The minimum atomic E-state index is -0.860. The molecular weight excluding hydrogens is 230 g/mol. The molecule has 0 bridgehead atoms. The molecule has 2 rings (SSSR count). The first-order chi connectivity index (χ1) is 8.43. The van der Waals surface area contributed by atoms with Crippen molar-refractivity contribution in [2.45, 2.75) is 27.2 Å². The van der Waals surface area contributed by atoms with Crippen LogP contribution < -0.4 is 0 Å². The number of aliphatic carboxylic acids is 1. The van der Waals surface area contributed by atoms with Crippen LogP contribution in [0.3, 0.4) is 0 Å². The van der Waals surface area contributed by atoms with Gasteiger partial charge >= 0.3 is 5.97 Å². The fourth-order valence-corrected chi connectivity index (χ4v) is 1.84. The Morgan fingerprint density at radius 1 is 1.44 bits per heavy atom. The number of hydrogen-bond donors (Lipinski definition) is 1. The lowest BCUT2D eigenvalue weighted by molar-refractivity contribution is -0.150. The number of fused-ring (bicyclic) bond motifs is 1. The summed E-state index contributed by atoms with van der Waals surface area (Å²) in [5.74, 6) is -0.334. The quantitative estimate of drug-likeness (QED) is 0.901. The SMILES string of the molecule is CC(C)C(C)(Cc1nc2ccccc2o1)C(=O)O. The van der Waals surface area contributed by atoms with Crippen molar-refractivity contribution in [1.82, 2.24) is 4.98 Å². The summed E-state index contributed by atoms with van der Waals surface area (Å²) in [5.41, 5.74) is 0.605. The number of carboxylic acid groups (broad SMARTS) is 1. The summed E-state index contributed by atoms with van der Waals surface area (Å²) in [6.45, 7) is 5.53. The van der Waals surface area contributed by atoms with Crippen molar-refractivity contribution >= 4 is 17.1 Å². The molecule has 0 aliphatic rings. The Morgan fingerprint density at radius 2 is 2.11 bits per heavy atom. The molecule has 96 valence electrons. The predicted molar refractivity (Wildman–Crippen MR) is 68.3 cm³/mol. The summed E-state index contributed by atoms with van der Waals surface area (Å²) in [6, 6.07) is 7.44. The highest BCUT2D eigenvalue weighted by Crippen LogP contribution is 2.32. The first kappa shape index (κ1) is 12.6. The van der Waals surface area contributed by atoms with Gasteiger partial charge in [0.05, 0.1) is 5.41 Å². The molecular formula is C14H17NO3. The zero-order valence-corrected chi connectivity index (χ0v) is 10.8. The van der Waals surface area contributed by atoms with Crippen molar-refractivity contribution in [1.29, 1.82) is 0 Å². The van der Waals surface area contributed by atoms with Crippen molar-refractivity contribution in [3.05, 3.63) is 30.2 Å². The van der Waals surface area contributed by atoms with Gasteiger partial charge in [0.15, 0.2) is 11.5 Å². The lowest BCUT2D eigenvalue weighted by atomic mass is 9.76. The third-order valence-corrected chi connectivity index (χ3v) is 3.62. The van der Waals surface area contributed by atoms with Crippen molar-refractivity contribution in [3.63, 3.8) is 0 Å². The summed E-state index contributed by atoms with van der Waals surface area (Å²) >= 11 is 0. The predicted octanol–water partition coefficient (Wildman–Crippen LogP) is 3.12. The highest BCUT2D eigenvalue weighted by Gasteiger charge is 2.38. The lowest BCUT2D eigenvalue weighted by Gasteiger charge is -2.27. The van der Waals surface area contributed by atoms with Crippen LogP contribution in [0.15, 0.2) is 28.7 Å². The summed E-state index contributed by atoms with van der Waals surface area (Å²) in [4.78, 5) is 15.7. The van der Waals surface area contributed by atoms with Crippen LogP contribution in [-0.2, 0) is 11.2 Å². The van der Waals surface area contributed by atoms with Crippen LogP contribution in [0, 0.1) is 11.3 Å². The van der Waals surface area contributed by atoms with E-state index in [4.69, 9.17) is 4.42 Å². The molecule has 2 aromatic rings. The molecule has 0 spiro atoms. The van der Waals surface area contributed by atoms with E-state index in [0.29, 0.717) is 17.9 Å². The lowest BCUT2D eigenvalue weighted by Crippen LogP contribution is -2.35. The van der Waals surface area contributed by atoms with Gasteiger partial charge in [0.1, 0.15) is 5.52 Å².